The Kier molecular flexibility index (Phi) is 4.75. The van der Waals surface area contributed by atoms with Crippen LogP contribution in [0.15, 0.2) is 78.9 Å². The molecule has 0 spiro atoms. The molecule has 3 aromatic rings. The van der Waals surface area contributed by atoms with Gasteiger partial charge in [0.1, 0.15) is 0 Å². The highest BCUT2D eigenvalue weighted by molar-refractivity contribution is 6.52. The quantitative estimate of drug-likeness (QED) is 0.688. The van der Waals surface area contributed by atoms with Crippen molar-refractivity contribution in [3.63, 3.8) is 0 Å². The van der Waals surface area contributed by atoms with Crippen LogP contribution in [0.25, 0.3) is 0 Å². The molecule has 0 unspecified atom stereocenters. The number of nitrogens with zero attached hydrogens (tertiary/aromatic N) is 1. The fraction of sp³-hybridized carbons (Fsp3) is 0.0435. The summed E-state index contributed by atoms with van der Waals surface area (Å²) in [5.74, 6) is -1.84. The summed E-state index contributed by atoms with van der Waals surface area (Å²) in [4.78, 5) is 47.0. The molecule has 3 aromatic carbocycles. The first-order valence-corrected chi connectivity index (χ1v) is 9.00. The number of carbonyl (C=O) groups is 4. The molecule has 6 heteroatoms. The van der Waals surface area contributed by atoms with Crippen molar-refractivity contribution in [2.75, 3.05) is 10.2 Å². The van der Waals surface area contributed by atoms with E-state index in [4.69, 9.17) is 0 Å². The van der Waals surface area contributed by atoms with E-state index in [2.05, 4.69) is 5.32 Å². The average molecular weight is 384 g/mol. The van der Waals surface area contributed by atoms with E-state index in [-0.39, 0.29) is 0 Å². The highest BCUT2D eigenvalue weighted by atomic mass is 16.2. The van der Waals surface area contributed by atoms with Crippen molar-refractivity contribution in [1.82, 2.24) is 0 Å². The van der Waals surface area contributed by atoms with Gasteiger partial charge in [0.25, 0.3) is 23.4 Å². The maximum Gasteiger partial charge on any atom is 0.299 e. The zero-order valence-electron chi connectivity index (χ0n) is 15.3. The number of amides is 2. The van der Waals surface area contributed by atoms with Crippen LogP contribution in [0.1, 0.15) is 26.3 Å². The number of anilines is 2. The third-order valence-corrected chi connectivity index (χ3v) is 4.69. The van der Waals surface area contributed by atoms with E-state index in [1.165, 1.54) is 4.90 Å². The van der Waals surface area contributed by atoms with Gasteiger partial charge in [-0.3, -0.25) is 19.2 Å². The normalized spacial score (nSPS) is 14.1. The molecule has 29 heavy (non-hydrogen) atoms. The zero-order chi connectivity index (χ0) is 20.4. The van der Waals surface area contributed by atoms with Gasteiger partial charge in [-0.1, -0.05) is 54.6 Å². The summed E-state index contributed by atoms with van der Waals surface area (Å²) in [7, 11) is 0. The molecule has 5 rings (SSSR count). The summed E-state index contributed by atoms with van der Waals surface area (Å²) >= 11 is 0. The van der Waals surface area contributed by atoms with Crippen LogP contribution in [-0.4, -0.2) is 23.4 Å². The number of hydrogen-bond acceptors (Lipinski definition) is 4. The van der Waals surface area contributed by atoms with E-state index in [0.717, 1.165) is 5.56 Å². The van der Waals surface area contributed by atoms with Gasteiger partial charge in [0.2, 0.25) is 0 Å². The predicted octanol–water partition coefficient (Wildman–Crippen LogP) is 3.24. The van der Waals surface area contributed by atoms with Gasteiger partial charge in [0.15, 0.2) is 0 Å². The standard InChI is InChI=1S/C15H11NO2.C8H5NO2/c17-14-12-8-4-5-9-13(12)16(15(14)18)10-11-6-2-1-3-7-11;10-7-5-3-1-2-4-6(5)9-8(7)11/h1-9H,10H2;1-4H,(H,9,10,11). The van der Waals surface area contributed by atoms with Crippen LogP contribution in [-0.2, 0) is 16.1 Å². The minimum Gasteiger partial charge on any atom is -0.318 e. The van der Waals surface area contributed by atoms with Crippen molar-refractivity contribution in [2.45, 2.75) is 6.54 Å². The molecule has 0 aliphatic carbocycles. The summed E-state index contributed by atoms with van der Waals surface area (Å²) < 4.78 is 0. The number of rotatable bonds is 2. The first kappa shape index (κ1) is 18.3. The van der Waals surface area contributed by atoms with E-state index >= 15 is 0 Å². The summed E-state index contributed by atoms with van der Waals surface area (Å²) in [6.45, 7) is 0.433. The lowest BCUT2D eigenvalue weighted by Crippen LogP contribution is -2.29. The van der Waals surface area contributed by atoms with Gasteiger partial charge in [-0.2, -0.15) is 0 Å². The van der Waals surface area contributed by atoms with Crippen LogP contribution in [0.2, 0.25) is 0 Å². The molecule has 2 aliphatic heterocycles. The molecule has 0 atom stereocenters. The molecule has 0 aromatic heterocycles. The molecule has 0 bridgehead atoms. The van der Waals surface area contributed by atoms with Crippen molar-refractivity contribution in [3.05, 3.63) is 95.6 Å². The number of hydrogen-bond donors (Lipinski definition) is 1. The third-order valence-electron chi connectivity index (χ3n) is 4.69. The molecule has 6 nitrogen and oxygen atoms in total. The van der Waals surface area contributed by atoms with E-state index in [1.807, 2.05) is 36.4 Å². The van der Waals surface area contributed by atoms with Crippen LogP contribution in [0, 0.1) is 0 Å². The summed E-state index contributed by atoms with van der Waals surface area (Å²) in [6.07, 6.45) is 0. The molecule has 0 radical (unpaired) electrons. The van der Waals surface area contributed by atoms with Crippen LogP contribution in [0.4, 0.5) is 11.4 Å². The van der Waals surface area contributed by atoms with Gasteiger partial charge < -0.3 is 10.2 Å². The monoisotopic (exact) mass is 384 g/mol. The Hall–Kier alpha value is -4.06. The lowest BCUT2D eigenvalue weighted by Gasteiger charge is -2.16. The lowest BCUT2D eigenvalue weighted by molar-refractivity contribution is -0.114. The molecular weight excluding hydrogens is 368 g/mol. The second-order valence-electron chi connectivity index (χ2n) is 6.55. The minimum absolute atomic E-state index is 0.415. The summed E-state index contributed by atoms with van der Waals surface area (Å²) in [5.41, 5.74) is 3.30. The number of benzene rings is 3. The molecule has 2 heterocycles. The Balaban J connectivity index is 0.000000159. The number of fused-ring (bicyclic) bond motifs is 2. The van der Waals surface area contributed by atoms with Crippen molar-refractivity contribution in [3.8, 4) is 0 Å². The van der Waals surface area contributed by atoms with E-state index in [9.17, 15) is 19.2 Å². The van der Waals surface area contributed by atoms with Gasteiger partial charge in [-0.15, -0.1) is 0 Å². The third kappa shape index (κ3) is 3.43. The van der Waals surface area contributed by atoms with Crippen LogP contribution < -0.4 is 10.2 Å². The highest BCUT2D eigenvalue weighted by Crippen LogP contribution is 2.29. The van der Waals surface area contributed by atoms with Gasteiger partial charge in [0, 0.05) is 0 Å². The molecule has 1 N–H and O–H groups in total. The van der Waals surface area contributed by atoms with Gasteiger partial charge in [0.05, 0.1) is 29.0 Å². The smallest absolute Gasteiger partial charge is 0.299 e. The van der Waals surface area contributed by atoms with Gasteiger partial charge in [-0.25, -0.2) is 0 Å². The summed E-state index contributed by atoms with van der Waals surface area (Å²) in [6, 6.07) is 23.6. The Bertz CT molecular complexity index is 1140. The number of ketones is 2. The van der Waals surface area contributed by atoms with Crippen LogP contribution >= 0.6 is 0 Å². The number of carbonyl (C=O) groups excluding carboxylic acids is 4. The molecule has 2 amide bonds. The molecular formula is C23H16N2O4. The van der Waals surface area contributed by atoms with Crippen molar-refractivity contribution >= 4 is 34.8 Å². The van der Waals surface area contributed by atoms with E-state index in [0.29, 0.717) is 29.0 Å². The first-order valence-electron chi connectivity index (χ1n) is 9.00. The summed E-state index contributed by atoms with van der Waals surface area (Å²) in [5, 5.41) is 2.46. The molecule has 0 saturated heterocycles. The fourth-order valence-electron chi connectivity index (χ4n) is 3.26. The maximum absolute atomic E-state index is 11.9. The first-order chi connectivity index (χ1) is 14.1. The lowest BCUT2D eigenvalue weighted by atomic mass is 10.1. The minimum atomic E-state index is -0.536. The Morgan fingerprint density at radius 3 is 2.00 bits per heavy atom. The molecule has 0 saturated carbocycles. The fourth-order valence-corrected chi connectivity index (χ4v) is 3.26. The van der Waals surface area contributed by atoms with Crippen molar-refractivity contribution in [1.29, 1.82) is 0 Å². The highest BCUT2D eigenvalue weighted by Gasteiger charge is 2.35. The molecule has 2 aliphatic rings. The van der Waals surface area contributed by atoms with E-state index in [1.54, 1.807) is 42.5 Å². The Labute approximate surface area is 166 Å². The molecule has 0 fully saturated rings. The number of nitrogens with one attached hydrogen (secondary N) is 1. The zero-order valence-corrected chi connectivity index (χ0v) is 15.3. The van der Waals surface area contributed by atoms with Gasteiger partial charge in [-0.05, 0) is 29.8 Å². The van der Waals surface area contributed by atoms with Crippen LogP contribution in [0.3, 0.4) is 0 Å². The second kappa shape index (κ2) is 7.52. The number of Topliss-reactive ketones (excluding diaryl/α,β-unsaturated/α-hetero) is 2. The maximum atomic E-state index is 11.9. The van der Waals surface area contributed by atoms with Crippen LogP contribution in [0.5, 0.6) is 0 Å². The number of para-hydroxylation sites is 2. The second-order valence-corrected chi connectivity index (χ2v) is 6.55. The van der Waals surface area contributed by atoms with Crippen molar-refractivity contribution < 1.29 is 19.2 Å². The average Bonchev–Trinajstić information content (AvgIpc) is 3.18. The predicted molar refractivity (Wildman–Crippen MR) is 108 cm³/mol. The van der Waals surface area contributed by atoms with E-state index < -0.39 is 23.4 Å². The SMILES string of the molecule is O=C1C(=O)N(Cc2ccccc2)c2ccccc21.O=C1Nc2ccccc2C1=O. The van der Waals surface area contributed by atoms with Crippen molar-refractivity contribution in [2.24, 2.45) is 0 Å². The topological polar surface area (TPSA) is 83.6 Å². The Morgan fingerprint density at radius 1 is 0.655 bits per heavy atom. The molecule has 142 valence electrons. The Morgan fingerprint density at radius 2 is 1.28 bits per heavy atom. The van der Waals surface area contributed by atoms with Gasteiger partial charge >= 0.3 is 0 Å². The largest absolute Gasteiger partial charge is 0.318 e.